The number of anilines is 2. The molecule has 1 heterocycles. The predicted octanol–water partition coefficient (Wildman–Crippen LogP) is 4.23. The first kappa shape index (κ1) is 24.5. The number of nitrogens with one attached hydrogen (secondary N) is 1. The molecule has 1 aliphatic rings. The van der Waals surface area contributed by atoms with Crippen molar-refractivity contribution in [3.05, 3.63) is 84.4 Å². The fourth-order valence-corrected chi connectivity index (χ4v) is 5.76. The molecule has 8 nitrogen and oxygen atoms in total. The van der Waals surface area contributed by atoms with Gasteiger partial charge in [-0.15, -0.1) is 4.40 Å². The number of sulfonamides is 1. The van der Waals surface area contributed by atoms with Gasteiger partial charge in [-0.3, -0.25) is 14.5 Å². The molecule has 0 radical (unpaired) electrons. The second-order valence-electron chi connectivity index (χ2n) is 7.76. The summed E-state index contributed by atoms with van der Waals surface area (Å²) in [5, 5.41) is 1.91. The summed E-state index contributed by atoms with van der Waals surface area (Å²) in [4.78, 5) is 27.3. The number of hydrogen-bond donors (Lipinski definition) is 1. The van der Waals surface area contributed by atoms with Crippen LogP contribution in [0.15, 0.2) is 88.2 Å². The van der Waals surface area contributed by atoms with Gasteiger partial charge in [-0.1, -0.05) is 53.7 Å². The number of aryl methyl sites for hydroxylation is 1. The van der Waals surface area contributed by atoms with Crippen LogP contribution in [-0.2, 0) is 19.6 Å². The lowest BCUT2D eigenvalue weighted by molar-refractivity contribution is -0.121. The van der Waals surface area contributed by atoms with Gasteiger partial charge in [0, 0.05) is 18.2 Å². The number of ether oxygens (including phenoxy) is 1. The molecule has 0 aromatic heterocycles. The molecule has 0 bridgehead atoms. The zero-order valence-corrected chi connectivity index (χ0v) is 20.7. The van der Waals surface area contributed by atoms with Gasteiger partial charge < -0.3 is 10.1 Å². The van der Waals surface area contributed by atoms with E-state index in [4.69, 9.17) is 4.74 Å². The lowest BCUT2D eigenvalue weighted by Gasteiger charge is -2.16. The smallest absolute Gasteiger partial charge is 0.284 e. The summed E-state index contributed by atoms with van der Waals surface area (Å²) in [5.41, 5.74) is 1.91. The van der Waals surface area contributed by atoms with Crippen LogP contribution >= 0.6 is 11.8 Å². The molecular formula is C25H23N3O5S2. The van der Waals surface area contributed by atoms with Gasteiger partial charge in [-0.25, -0.2) is 0 Å². The lowest BCUT2D eigenvalue weighted by Crippen LogP contribution is -2.33. The number of hydrogen-bond acceptors (Lipinski definition) is 6. The molecule has 3 aromatic carbocycles. The summed E-state index contributed by atoms with van der Waals surface area (Å²) < 4.78 is 35.1. The molecule has 1 N–H and O–H groups in total. The summed E-state index contributed by atoms with van der Waals surface area (Å²) in [6.45, 7) is 1.85. The highest BCUT2D eigenvalue weighted by Crippen LogP contribution is 2.35. The molecule has 0 aliphatic carbocycles. The topological polar surface area (TPSA) is 105 Å². The van der Waals surface area contributed by atoms with Crippen molar-refractivity contribution in [2.45, 2.75) is 23.5 Å². The third-order valence-corrected chi connectivity index (χ3v) is 7.72. The first-order chi connectivity index (χ1) is 16.8. The van der Waals surface area contributed by atoms with E-state index in [1.807, 2.05) is 6.92 Å². The first-order valence-corrected chi connectivity index (χ1v) is 13.0. The maximum atomic E-state index is 13.3. The molecule has 0 saturated carbocycles. The molecule has 1 aliphatic heterocycles. The Labute approximate surface area is 208 Å². The van der Waals surface area contributed by atoms with Gasteiger partial charge in [0.15, 0.2) is 5.17 Å². The van der Waals surface area contributed by atoms with E-state index in [0.29, 0.717) is 17.1 Å². The fourth-order valence-electron chi connectivity index (χ4n) is 3.42. The molecule has 0 spiro atoms. The molecule has 1 saturated heterocycles. The number of rotatable bonds is 7. The summed E-state index contributed by atoms with van der Waals surface area (Å²) in [5.74, 6) is -0.222. The number of carbonyl (C=O) groups is 2. The van der Waals surface area contributed by atoms with Crippen LogP contribution in [0.5, 0.6) is 5.75 Å². The fraction of sp³-hybridized carbons (Fsp3) is 0.160. The van der Waals surface area contributed by atoms with Gasteiger partial charge in [0.2, 0.25) is 11.8 Å². The number of amidine groups is 1. The summed E-state index contributed by atoms with van der Waals surface area (Å²) in [6, 6.07) is 21.8. The number of carbonyl (C=O) groups excluding carboxylic acids is 2. The molecule has 0 unspecified atom stereocenters. The third-order valence-electron chi connectivity index (χ3n) is 5.19. The Bertz CT molecular complexity index is 1370. The van der Waals surface area contributed by atoms with Crippen molar-refractivity contribution in [3.8, 4) is 5.75 Å². The predicted molar refractivity (Wildman–Crippen MR) is 137 cm³/mol. The Hall–Kier alpha value is -3.63. The van der Waals surface area contributed by atoms with Crippen LogP contribution in [0.4, 0.5) is 11.4 Å². The highest BCUT2D eigenvalue weighted by Gasteiger charge is 2.41. The minimum Gasteiger partial charge on any atom is -0.497 e. The Morgan fingerprint density at radius 2 is 1.77 bits per heavy atom. The van der Waals surface area contributed by atoms with E-state index in [2.05, 4.69) is 9.71 Å². The first-order valence-electron chi connectivity index (χ1n) is 10.7. The molecule has 3 aromatic rings. The van der Waals surface area contributed by atoms with Crippen LogP contribution in [0.25, 0.3) is 0 Å². The Kier molecular flexibility index (Phi) is 7.23. The van der Waals surface area contributed by atoms with Crippen molar-refractivity contribution in [2.75, 3.05) is 17.3 Å². The zero-order valence-electron chi connectivity index (χ0n) is 19.0. The number of para-hydroxylation sites is 1. The minimum absolute atomic E-state index is 0.000885. The molecule has 1 fully saturated rings. The van der Waals surface area contributed by atoms with Crippen molar-refractivity contribution in [3.63, 3.8) is 0 Å². The van der Waals surface area contributed by atoms with Crippen molar-refractivity contribution in [1.82, 2.24) is 0 Å². The van der Waals surface area contributed by atoms with Gasteiger partial charge in [-0.2, -0.15) is 8.42 Å². The Balaban J connectivity index is 1.61. The van der Waals surface area contributed by atoms with Gasteiger partial charge in [0.25, 0.3) is 10.0 Å². The molecular weight excluding hydrogens is 486 g/mol. The Morgan fingerprint density at radius 3 is 2.46 bits per heavy atom. The molecule has 10 heteroatoms. The quantitative estimate of drug-likeness (QED) is 0.511. The standard InChI is InChI=1S/C25H23N3O5S2/c1-17-11-13-21(14-12-17)35(31,32)27-25-28(19-8-4-3-5-9-19)24(30)22(34-25)16-23(29)26-18-7-6-10-20(15-18)33-2/h3-15,22H,16H2,1-2H3,(H,26,29)/t22-/m1/s1. The molecule has 4 rings (SSSR count). The van der Waals surface area contributed by atoms with E-state index in [9.17, 15) is 18.0 Å². The number of benzene rings is 3. The van der Waals surface area contributed by atoms with Gasteiger partial charge in [0.1, 0.15) is 11.0 Å². The summed E-state index contributed by atoms with van der Waals surface area (Å²) in [6.07, 6.45) is -0.159. The third kappa shape index (κ3) is 5.72. The number of amides is 2. The summed E-state index contributed by atoms with van der Waals surface area (Å²) >= 11 is 0.955. The largest absolute Gasteiger partial charge is 0.497 e. The maximum Gasteiger partial charge on any atom is 0.284 e. The molecule has 35 heavy (non-hydrogen) atoms. The molecule has 1 atom stereocenters. The molecule has 2 amide bonds. The normalized spacial score (nSPS) is 17.0. The zero-order chi connectivity index (χ0) is 25.0. The van der Waals surface area contributed by atoms with E-state index < -0.39 is 21.2 Å². The van der Waals surface area contributed by atoms with Crippen LogP contribution in [0, 0.1) is 6.92 Å². The Morgan fingerprint density at radius 1 is 1.06 bits per heavy atom. The van der Waals surface area contributed by atoms with E-state index in [1.54, 1.807) is 66.7 Å². The highest BCUT2D eigenvalue weighted by molar-refractivity contribution is 8.16. The van der Waals surface area contributed by atoms with Crippen LogP contribution < -0.4 is 15.0 Å². The second kappa shape index (κ2) is 10.3. The van der Waals surface area contributed by atoms with Gasteiger partial charge in [0.05, 0.1) is 17.7 Å². The maximum absolute atomic E-state index is 13.3. The van der Waals surface area contributed by atoms with E-state index in [0.717, 1.165) is 17.3 Å². The monoisotopic (exact) mass is 509 g/mol. The van der Waals surface area contributed by atoms with Crippen molar-refractivity contribution >= 4 is 50.1 Å². The average Bonchev–Trinajstić information content (AvgIpc) is 3.13. The van der Waals surface area contributed by atoms with Gasteiger partial charge >= 0.3 is 0 Å². The number of thioether (sulfide) groups is 1. The second-order valence-corrected chi connectivity index (χ2v) is 10.5. The lowest BCUT2D eigenvalue weighted by atomic mass is 10.2. The van der Waals surface area contributed by atoms with Crippen molar-refractivity contribution in [2.24, 2.45) is 4.40 Å². The van der Waals surface area contributed by atoms with Crippen LogP contribution in [0.1, 0.15) is 12.0 Å². The SMILES string of the molecule is COc1cccc(NC(=O)C[C@H]2SC(=NS(=O)(=O)c3ccc(C)cc3)N(c3ccccc3)C2=O)c1. The van der Waals surface area contributed by atoms with E-state index in [1.165, 1.54) is 24.1 Å². The van der Waals surface area contributed by atoms with Crippen molar-refractivity contribution < 1.29 is 22.7 Å². The van der Waals surface area contributed by atoms with Crippen LogP contribution in [0.3, 0.4) is 0 Å². The average molecular weight is 510 g/mol. The number of methoxy groups -OCH3 is 1. The minimum atomic E-state index is -4.07. The highest BCUT2D eigenvalue weighted by atomic mass is 32.2. The molecule has 180 valence electrons. The van der Waals surface area contributed by atoms with Crippen LogP contribution in [0.2, 0.25) is 0 Å². The van der Waals surface area contributed by atoms with Gasteiger partial charge in [-0.05, 0) is 43.3 Å². The number of nitrogens with zero attached hydrogens (tertiary/aromatic N) is 2. The summed E-state index contributed by atoms with van der Waals surface area (Å²) in [7, 11) is -2.55. The van der Waals surface area contributed by atoms with E-state index in [-0.39, 0.29) is 22.4 Å². The van der Waals surface area contributed by atoms with Crippen LogP contribution in [-0.4, -0.2) is 37.8 Å². The van der Waals surface area contributed by atoms with Crippen molar-refractivity contribution in [1.29, 1.82) is 0 Å². The van der Waals surface area contributed by atoms with E-state index >= 15 is 0 Å².